The first kappa shape index (κ1) is 13.3. The Morgan fingerprint density at radius 3 is 2.83 bits per heavy atom. The fraction of sp³-hybridized carbons (Fsp3) is 0.500. The van der Waals surface area contributed by atoms with Crippen LogP contribution in [0, 0.1) is 0 Å². The molecule has 4 heteroatoms. The fourth-order valence-electron chi connectivity index (χ4n) is 2.50. The lowest BCUT2D eigenvalue weighted by Gasteiger charge is -2.40. The molecule has 1 aliphatic heterocycles. The number of amides is 1. The topological polar surface area (TPSA) is 40.5 Å². The van der Waals surface area contributed by atoms with E-state index < -0.39 is 4.75 Å². The first-order valence-electron chi connectivity index (χ1n) is 6.30. The molecule has 0 spiro atoms. The number of para-hydroxylation sites is 1. The number of hydrogen-bond acceptors (Lipinski definition) is 3. The van der Waals surface area contributed by atoms with E-state index in [-0.39, 0.29) is 11.7 Å². The average Bonchev–Trinajstić information content (AvgIpc) is 2.36. The van der Waals surface area contributed by atoms with E-state index in [1.165, 1.54) is 0 Å². The molecule has 0 aromatic heterocycles. The molecule has 1 aromatic carbocycles. The van der Waals surface area contributed by atoms with Crippen LogP contribution in [-0.2, 0) is 9.54 Å². The summed E-state index contributed by atoms with van der Waals surface area (Å²) in [4.78, 5) is 14.4. The Labute approximate surface area is 112 Å². The van der Waals surface area contributed by atoms with Crippen LogP contribution < -0.4 is 0 Å². The minimum Gasteiger partial charge on any atom is -0.508 e. The molecule has 1 atom stereocenters. The summed E-state index contributed by atoms with van der Waals surface area (Å²) < 4.78 is -0.604. The normalized spacial score (nSPS) is 24.3. The van der Waals surface area contributed by atoms with Gasteiger partial charge in [0.2, 0.25) is 5.91 Å². The van der Waals surface area contributed by atoms with Crippen LogP contribution >= 0.6 is 11.8 Å². The quantitative estimate of drug-likeness (QED) is 0.913. The van der Waals surface area contributed by atoms with Gasteiger partial charge >= 0.3 is 0 Å². The molecule has 0 aliphatic carbocycles. The number of aromatic hydroxyl groups is 1. The third-order valence-corrected chi connectivity index (χ3v) is 4.89. The van der Waals surface area contributed by atoms with Gasteiger partial charge in [0, 0.05) is 24.9 Å². The lowest BCUT2D eigenvalue weighted by atomic mass is 9.91. The SMILES string of the molecule is CCCC1(c2ccccc2O)SCCN(C)C1=O. The van der Waals surface area contributed by atoms with Gasteiger partial charge in [-0.15, -0.1) is 11.8 Å². The van der Waals surface area contributed by atoms with Crippen molar-refractivity contribution in [3.05, 3.63) is 29.8 Å². The molecule has 1 amide bonds. The van der Waals surface area contributed by atoms with Crippen molar-refractivity contribution >= 4 is 17.7 Å². The molecule has 2 rings (SSSR count). The van der Waals surface area contributed by atoms with Crippen molar-refractivity contribution in [2.45, 2.75) is 24.5 Å². The molecular weight excluding hydrogens is 246 g/mol. The summed E-state index contributed by atoms with van der Waals surface area (Å²) in [6.45, 7) is 2.85. The summed E-state index contributed by atoms with van der Waals surface area (Å²) in [6, 6.07) is 7.21. The second-order valence-electron chi connectivity index (χ2n) is 4.67. The molecule has 98 valence electrons. The van der Waals surface area contributed by atoms with Crippen LogP contribution in [0.2, 0.25) is 0 Å². The minimum atomic E-state index is -0.604. The molecule has 1 aromatic rings. The average molecular weight is 265 g/mol. The number of carbonyl (C=O) groups excluding carboxylic acids is 1. The summed E-state index contributed by atoms with van der Waals surface area (Å²) in [7, 11) is 1.84. The summed E-state index contributed by atoms with van der Waals surface area (Å²) >= 11 is 1.66. The summed E-state index contributed by atoms with van der Waals surface area (Å²) in [6.07, 6.45) is 1.68. The van der Waals surface area contributed by atoms with Crippen molar-refractivity contribution in [1.82, 2.24) is 4.90 Å². The van der Waals surface area contributed by atoms with Gasteiger partial charge in [-0.1, -0.05) is 31.5 Å². The highest BCUT2D eigenvalue weighted by Gasteiger charge is 2.45. The van der Waals surface area contributed by atoms with Gasteiger partial charge in [-0.05, 0) is 12.5 Å². The van der Waals surface area contributed by atoms with Crippen molar-refractivity contribution in [2.24, 2.45) is 0 Å². The van der Waals surface area contributed by atoms with E-state index in [1.54, 1.807) is 28.8 Å². The predicted molar refractivity (Wildman–Crippen MR) is 74.8 cm³/mol. The van der Waals surface area contributed by atoms with Gasteiger partial charge in [0.25, 0.3) is 0 Å². The number of phenolic OH excluding ortho intramolecular Hbond substituents is 1. The van der Waals surface area contributed by atoms with Gasteiger partial charge in [-0.3, -0.25) is 4.79 Å². The Kier molecular flexibility index (Phi) is 3.85. The third-order valence-electron chi connectivity index (χ3n) is 3.41. The van der Waals surface area contributed by atoms with E-state index in [0.717, 1.165) is 30.7 Å². The van der Waals surface area contributed by atoms with Crippen LogP contribution in [0.5, 0.6) is 5.75 Å². The zero-order valence-corrected chi connectivity index (χ0v) is 11.7. The first-order chi connectivity index (χ1) is 8.62. The number of nitrogens with zero attached hydrogens (tertiary/aromatic N) is 1. The standard InChI is InChI=1S/C14H19NO2S/c1-3-8-14(11-6-4-5-7-12(11)16)13(17)15(2)9-10-18-14/h4-7,16H,3,8-10H2,1-2H3. The maximum atomic E-state index is 12.6. The highest BCUT2D eigenvalue weighted by atomic mass is 32.2. The Bertz CT molecular complexity index is 445. The molecule has 0 radical (unpaired) electrons. The Morgan fingerprint density at radius 1 is 1.44 bits per heavy atom. The maximum absolute atomic E-state index is 12.6. The molecule has 1 N–H and O–H groups in total. The molecule has 1 fully saturated rings. The fourth-order valence-corrected chi connectivity index (χ4v) is 4.17. The number of thioether (sulfide) groups is 1. The van der Waals surface area contributed by atoms with Gasteiger partial charge in [-0.2, -0.15) is 0 Å². The van der Waals surface area contributed by atoms with E-state index in [4.69, 9.17) is 0 Å². The molecule has 1 aliphatic rings. The van der Waals surface area contributed by atoms with Gasteiger partial charge in [0.15, 0.2) is 0 Å². The molecule has 1 heterocycles. The second kappa shape index (κ2) is 5.22. The largest absolute Gasteiger partial charge is 0.508 e. The van der Waals surface area contributed by atoms with Gasteiger partial charge in [0.1, 0.15) is 10.5 Å². The van der Waals surface area contributed by atoms with Gasteiger partial charge in [0.05, 0.1) is 0 Å². The smallest absolute Gasteiger partial charge is 0.243 e. The molecule has 0 bridgehead atoms. The number of hydrogen-bond donors (Lipinski definition) is 1. The number of carbonyl (C=O) groups is 1. The van der Waals surface area contributed by atoms with Crippen LogP contribution in [0.4, 0.5) is 0 Å². The third kappa shape index (κ3) is 2.09. The van der Waals surface area contributed by atoms with Crippen LogP contribution in [0.3, 0.4) is 0 Å². The summed E-state index contributed by atoms with van der Waals surface area (Å²) in [5.74, 6) is 1.25. The van der Waals surface area contributed by atoms with Crippen LogP contribution in [0.1, 0.15) is 25.3 Å². The van der Waals surface area contributed by atoms with Crippen LogP contribution in [0.25, 0.3) is 0 Å². The molecule has 3 nitrogen and oxygen atoms in total. The number of benzene rings is 1. The van der Waals surface area contributed by atoms with Crippen LogP contribution in [0.15, 0.2) is 24.3 Å². The Hall–Kier alpha value is -1.16. The highest BCUT2D eigenvalue weighted by molar-refractivity contribution is 8.01. The number of likely N-dealkylation sites (N-methyl/N-ethyl adjacent to an activating group) is 1. The molecule has 18 heavy (non-hydrogen) atoms. The van der Waals surface area contributed by atoms with Crippen molar-refractivity contribution in [3.63, 3.8) is 0 Å². The van der Waals surface area contributed by atoms with E-state index >= 15 is 0 Å². The molecule has 0 saturated carbocycles. The van der Waals surface area contributed by atoms with Crippen molar-refractivity contribution < 1.29 is 9.90 Å². The van der Waals surface area contributed by atoms with E-state index in [1.807, 2.05) is 19.2 Å². The molecule has 1 saturated heterocycles. The van der Waals surface area contributed by atoms with Gasteiger partial charge in [-0.25, -0.2) is 0 Å². The highest BCUT2D eigenvalue weighted by Crippen LogP contribution is 2.47. The first-order valence-corrected chi connectivity index (χ1v) is 7.28. The lowest BCUT2D eigenvalue weighted by molar-refractivity contribution is -0.133. The maximum Gasteiger partial charge on any atom is 0.243 e. The number of phenols is 1. The minimum absolute atomic E-state index is 0.113. The van der Waals surface area contributed by atoms with Gasteiger partial charge < -0.3 is 10.0 Å². The summed E-state index contributed by atoms with van der Waals surface area (Å²) in [5, 5.41) is 10.1. The molecule has 1 unspecified atom stereocenters. The zero-order valence-electron chi connectivity index (χ0n) is 10.8. The Balaban J connectivity index is 2.50. The second-order valence-corrected chi connectivity index (χ2v) is 6.06. The lowest BCUT2D eigenvalue weighted by Crippen LogP contribution is -2.48. The summed E-state index contributed by atoms with van der Waals surface area (Å²) in [5.41, 5.74) is 0.758. The van der Waals surface area contributed by atoms with E-state index in [2.05, 4.69) is 6.92 Å². The molecular formula is C14H19NO2S. The monoisotopic (exact) mass is 265 g/mol. The van der Waals surface area contributed by atoms with Crippen molar-refractivity contribution in [1.29, 1.82) is 0 Å². The number of rotatable bonds is 3. The van der Waals surface area contributed by atoms with Crippen molar-refractivity contribution in [2.75, 3.05) is 19.3 Å². The van der Waals surface area contributed by atoms with Crippen molar-refractivity contribution in [3.8, 4) is 5.75 Å². The van der Waals surface area contributed by atoms with E-state index in [0.29, 0.717) is 0 Å². The van der Waals surface area contributed by atoms with Crippen LogP contribution in [-0.4, -0.2) is 35.3 Å². The van der Waals surface area contributed by atoms with E-state index in [9.17, 15) is 9.90 Å². The Morgan fingerprint density at radius 2 is 2.17 bits per heavy atom. The predicted octanol–water partition coefficient (Wildman–Crippen LogP) is 2.59. The zero-order chi connectivity index (χ0) is 13.2.